The van der Waals surface area contributed by atoms with E-state index >= 15 is 0 Å². The third-order valence-corrected chi connectivity index (χ3v) is 5.58. The zero-order chi connectivity index (χ0) is 19.6. The molecule has 0 bridgehead atoms. The lowest BCUT2D eigenvalue weighted by molar-refractivity contribution is -0.123. The van der Waals surface area contributed by atoms with Gasteiger partial charge in [0.15, 0.2) is 5.96 Å². The number of nitrogens with zero attached hydrogens (tertiary/aromatic N) is 3. The molecule has 1 unspecified atom stereocenters. The van der Waals surface area contributed by atoms with Crippen molar-refractivity contribution >= 4 is 23.2 Å². The molecule has 1 aliphatic heterocycles. The largest absolute Gasteiger partial charge is 0.369 e. The number of aliphatic imine (C=N–C) groups is 1. The Morgan fingerprint density at radius 1 is 1.48 bits per heavy atom. The molecule has 0 aromatic carbocycles. The molecule has 152 valence electrons. The van der Waals surface area contributed by atoms with Crippen LogP contribution in [-0.2, 0) is 11.3 Å². The van der Waals surface area contributed by atoms with Gasteiger partial charge in [0.05, 0.1) is 18.2 Å². The predicted octanol–water partition coefficient (Wildman–Crippen LogP) is 1.91. The first kappa shape index (κ1) is 21.6. The first-order chi connectivity index (χ1) is 13.0. The van der Waals surface area contributed by atoms with Crippen LogP contribution in [0.25, 0.3) is 0 Å². The molecular formula is C19H34N6OS. The maximum Gasteiger partial charge on any atom is 0.221 e. The molecular weight excluding hydrogens is 360 g/mol. The topological polar surface area (TPSA) is 95.6 Å². The average molecular weight is 395 g/mol. The number of carbonyl (C=O) groups is 1. The van der Waals surface area contributed by atoms with Gasteiger partial charge in [0.2, 0.25) is 5.91 Å². The SMILES string of the molecule is CCNC(=NCc1nc(C(C)C)cs1)NCCCN1CCCC(C(N)=O)C1. The second-order valence-corrected chi connectivity index (χ2v) is 8.28. The van der Waals surface area contributed by atoms with Crippen molar-refractivity contribution in [3.05, 3.63) is 16.1 Å². The maximum atomic E-state index is 11.4. The molecule has 1 fully saturated rings. The third kappa shape index (κ3) is 7.46. The number of likely N-dealkylation sites (tertiary alicyclic amines) is 1. The van der Waals surface area contributed by atoms with Crippen LogP contribution >= 0.6 is 11.3 Å². The molecule has 2 heterocycles. The van der Waals surface area contributed by atoms with E-state index in [4.69, 9.17) is 5.73 Å². The van der Waals surface area contributed by atoms with Crippen LogP contribution in [0.1, 0.15) is 56.7 Å². The molecule has 1 atom stereocenters. The Kier molecular flexibility index (Phi) is 9.00. The van der Waals surface area contributed by atoms with E-state index in [1.807, 2.05) is 0 Å². The van der Waals surface area contributed by atoms with Crippen molar-refractivity contribution in [3.63, 3.8) is 0 Å². The van der Waals surface area contributed by atoms with Gasteiger partial charge in [-0.15, -0.1) is 11.3 Å². The number of aromatic nitrogens is 1. The second kappa shape index (κ2) is 11.2. The Bertz CT molecular complexity index is 615. The lowest BCUT2D eigenvalue weighted by Crippen LogP contribution is -2.43. The minimum Gasteiger partial charge on any atom is -0.369 e. The summed E-state index contributed by atoms with van der Waals surface area (Å²) in [6.45, 7) is 11.5. The molecule has 4 N–H and O–H groups in total. The van der Waals surface area contributed by atoms with E-state index < -0.39 is 0 Å². The molecule has 0 aliphatic carbocycles. The van der Waals surface area contributed by atoms with Crippen molar-refractivity contribution < 1.29 is 4.79 Å². The molecule has 1 aromatic heterocycles. The van der Waals surface area contributed by atoms with Crippen molar-refractivity contribution in [3.8, 4) is 0 Å². The van der Waals surface area contributed by atoms with Crippen molar-refractivity contribution in [2.24, 2.45) is 16.6 Å². The highest BCUT2D eigenvalue weighted by Crippen LogP contribution is 2.18. The van der Waals surface area contributed by atoms with Gasteiger partial charge in [0.25, 0.3) is 0 Å². The van der Waals surface area contributed by atoms with Crippen LogP contribution in [0, 0.1) is 5.92 Å². The van der Waals surface area contributed by atoms with Gasteiger partial charge in [-0.25, -0.2) is 9.98 Å². The molecule has 8 heteroatoms. The maximum absolute atomic E-state index is 11.4. The normalized spacial score (nSPS) is 18.7. The van der Waals surface area contributed by atoms with Gasteiger partial charge in [-0.05, 0) is 45.2 Å². The second-order valence-electron chi connectivity index (χ2n) is 7.34. The summed E-state index contributed by atoms with van der Waals surface area (Å²) in [5.74, 6) is 1.13. The van der Waals surface area contributed by atoms with Crippen LogP contribution in [0.5, 0.6) is 0 Å². The van der Waals surface area contributed by atoms with Crippen LogP contribution in [-0.4, -0.2) is 54.5 Å². The summed E-state index contributed by atoms with van der Waals surface area (Å²) in [6, 6.07) is 0. The Hall–Kier alpha value is -1.67. The zero-order valence-corrected chi connectivity index (χ0v) is 17.6. The minimum absolute atomic E-state index is 0.0135. The van der Waals surface area contributed by atoms with E-state index in [-0.39, 0.29) is 11.8 Å². The number of guanidine groups is 1. The summed E-state index contributed by atoms with van der Waals surface area (Å²) >= 11 is 1.67. The molecule has 0 spiro atoms. The molecule has 27 heavy (non-hydrogen) atoms. The highest BCUT2D eigenvalue weighted by molar-refractivity contribution is 7.09. The summed E-state index contributed by atoms with van der Waals surface area (Å²) < 4.78 is 0. The number of hydrogen-bond acceptors (Lipinski definition) is 5. The zero-order valence-electron chi connectivity index (χ0n) is 16.8. The number of primary amides is 1. The Balaban J connectivity index is 1.74. The van der Waals surface area contributed by atoms with E-state index in [1.54, 1.807) is 11.3 Å². The highest BCUT2D eigenvalue weighted by Gasteiger charge is 2.23. The summed E-state index contributed by atoms with van der Waals surface area (Å²) in [7, 11) is 0. The Labute approximate surface area is 166 Å². The number of hydrogen-bond donors (Lipinski definition) is 3. The number of amides is 1. The number of thiazole rings is 1. The number of rotatable bonds is 9. The van der Waals surface area contributed by atoms with Crippen molar-refractivity contribution in [1.82, 2.24) is 20.5 Å². The average Bonchev–Trinajstić information content (AvgIpc) is 3.12. The number of piperidine rings is 1. The molecule has 1 saturated heterocycles. The van der Waals surface area contributed by atoms with Crippen molar-refractivity contribution in [2.75, 3.05) is 32.7 Å². The fourth-order valence-corrected chi connectivity index (χ4v) is 4.03. The summed E-state index contributed by atoms with van der Waals surface area (Å²) in [4.78, 5) is 23.0. The molecule has 1 aromatic rings. The smallest absolute Gasteiger partial charge is 0.221 e. The van der Waals surface area contributed by atoms with Crippen LogP contribution in [0.2, 0.25) is 0 Å². The van der Waals surface area contributed by atoms with E-state index in [0.717, 1.165) is 68.6 Å². The van der Waals surface area contributed by atoms with Crippen molar-refractivity contribution in [2.45, 2.75) is 52.5 Å². The Morgan fingerprint density at radius 3 is 2.96 bits per heavy atom. The molecule has 0 radical (unpaired) electrons. The monoisotopic (exact) mass is 394 g/mol. The van der Waals surface area contributed by atoms with Crippen LogP contribution in [0.3, 0.4) is 0 Å². The van der Waals surface area contributed by atoms with Crippen LogP contribution in [0.4, 0.5) is 0 Å². The standard InChI is InChI=1S/C19H34N6OS/c1-4-21-19(23-11-17-24-16(13-27-17)14(2)3)22-8-6-10-25-9-5-7-15(12-25)18(20)26/h13-15H,4-12H2,1-3H3,(H2,20,26)(H2,21,22,23). The summed E-state index contributed by atoms with van der Waals surface area (Å²) in [6.07, 6.45) is 2.98. The summed E-state index contributed by atoms with van der Waals surface area (Å²) in [5, 5.41) is 9.84. The van der Waals surface area contributed by atoms with Crippen LogP contribution in [0.15, 0.2) is 10.4 Å². The summed E-state index contributed by atoms with van der Waals surface area (Å²) in [5.41, 5.74) is 6.59. The van der Waals surface area contributed by atoms with Gasteiger partial charge < -0.3 is 21.3 Å². The molecule has 1 aliphatic rings. The fraction of sp³-hybridized carbons (Fsp3) is 0.737. The molecule has 2 rings (SSSR count). The number of nitrogens with two attached hydrogens (primary N) is 1. The quantitative estimate of drug-likeness (QED) is 0.338. The van der Waals surface area contributed by atoms with Gasteiger partial charge in [-0.2, -0.15) is 0 Å². The van der Waals surface area contributed by atoms with E-state index in [0.29, 0.717) is 12.5 Å². The lowest BCUT2D eigenvalue weighted by Gasteiger charge is -2.31. The Morgan fingerprint density at radius 2 is 2.30 bits per heavy atom. The van der Waals surface area contributed by atoms with Gasteiger partial charge in [0.1, 0.15) is 5.01 Å². The van der Waals surface area contributed by atoms with E-state index in [2.05, 4.69) is 51.7 Å². The van der Waals surface area contributed by atoms with Gasteiger partial charge in [-0.1, -0.05) is 13.8 Å². The number of carbonyl (C=O) groups excluding carboxylic acids is 1. The van der Waals surface area contributed by atoms with Gasteiger partial charge in [0, 0.05) is 25.0 Å². The van der Waals surface area contributed by atoms with Gasteiger partial charge in [-0.3, -0.25) is 4.79 Å². The first-order valence-electron chi connectivity index (χ1n) is 9.97. The van der Waals surface area contributed by atoms with E-state index in [1.165, 1.54) is 0 Å². The van der Waals surface area contributed by atoms with Crippen LogP contribution < -0.4 is 16.4 Å². The lowest BCUT2D eigenvalue weighted by atomic mass is 9.97. The third-order valence-electron chi connectivity index (χ3n) is 4.73. The van der Waals surface area contributed by atoms with Crippen molar-refractivity contribution in [1.29, 1.82) is 0 Å². The number of nitrogens with one attached hydrogen (secondary N) is 2. The fourth-order valence-electron chi connectivity index (χ4n) is 3.15. The highest BCUT2D eigenvalue weighted by atomic mass is 32.1. The molecule has 7 nitrogen and oxygen atoms in total. The molecule has 1 amide bonds. The predicted molar refractivity (Wildman–Crippen MR) is 112 cm³/mol. The minimum atomic E-state index is -0.165. The van der Waals surface area contributed by atoms with E-state index in [9.17, 15) is 4.79 Å². The first-order valence-corrected chi connectivity index (χ1v) is 10.9. The van der Waals surface area contributed by atoms with Gasteiger partial charge >= 0.3 is 0 Å². The molecule has 0 saturated carbocycles.